The number of thioether (sulfide) groups is 1. The van der Waals surface area contributed by atoms with Crippen LogP contribution in [0.15, 0.2) is 51.8 Å². The quantitative estimate of drug-likeness (QED) is 0.452. The van der Waals surface area contributed by atoms with E-state index in [1.807, 2.05) is 0 Å². The second-order valence-electron chi connectivity index (χ2n) is 5.91. The molecule has 3 rings (SSSR count). The Balaban J connectivity index is 1.84. The average molecular weight is 480 g/mol. The van der Waals surface area contributed by atoms with Gasteiger partial charge in [0.05, 0.1) is 12.0 Å². The Bertz CT molecular complexity index is 1010. The minimum absolute atomic E-state index is 0.00103. The number of benzene rings is 2. The summed E-state index contributed by atoms with van der Waals surface area (Å²) in [6.07, 6.45) is 1.50. The fraction of sp³-hybridized carbons (Fsp3) is 0.150. The maximum absolute atomic E-state index is 13.8. The third kappa shape index (κ3) is 5.04. The molecule has 9 heteroatoms. The van der Waals surface area contributed by atoms with Crippen molar-refractivity contribution in [3.8, 4) is 5.75 Å². The summed E-state index contributed by atoms with van der Waals surface area (Å²) in [7, 11) is 1.18. The monoisotopic (exact) mass is 479 g/mol. The van der Waals surface area contributed by atoms with Gasteiger partial charge in [0.1, 0.15) is 24.7 Å². The van der Waals surface area contributed by atoms with Gasteiger partial charge in [0, 0.05) is 15.6 Å². The van der Waals surface area contributed by atoms with Gasteiger partial charge in [-0.1, -0.05) is 34.1 Å². The molecule has 6 nitrogen and oxygen atoms in total. The minimum Gasteiger partial charge on any atom is -0.488 e. The van der Waals surface area contributed by atoms with Crippen molar-refractivity contribution in [2.75, 3.05) is 13.7 Å². The molecule has 2 amide bonds. The molecule has 1 heterocycles. The SMILES string of the molecule is COC(=O)CN1C(=O)S/C(=C\c2cc(Br)ccc2OCc2ccccc2F)C1=O. The summed E-state index contributed by atoms with van der Waals surface area (Å²) in [5.74, 6) is -1.25. The molecule has 0 N–H and O–H groups in total. The number of hydrogen-bond acceptors (Lipinski definition) is 6. The van der Waals surface area contributed by atoms with E-state index in [1.54, 1.807) is 36.4 Å². The number of rotatable bonds is 6. The van der Waals surface area contributed by atoms with Crippen molar-refractivity contribution in [1.29, 1.82) is 0 Å². The number of imide groups is 1. The Kier molecular flexibility index (Phi) is 6.71. The van der Waals surface area contributed by atoms with Crippen LogP contribution < -0.4 is 4.74 Å². The van der Waals surface area contributed by atoms with Crippen LogP contribution in [0.3, 0.4) is 0 Å². The van der Waals surface area contributed by atoms with E-state index in [0.29, 0.717) is 16.9 Å². The molecule has 0 unspecified atom stereocenters. The molecule has 29 heavy (non-hydrogen) atoms. The van der Waals surface area contributed by atoms with Gasteiger partial charge in [-0.05, 0) is 42.1 Å². The Hall–Kier alpha value is -2.65. The number of esters is 1. The third-order valence-electron chi connectivity index (χ3n) is 3.99. The van der Waals surface area contributed by atoms with E-state index in [0.717, 1.165) is 21.1 Å². The molecule has 150 valence electrons. The molecule has 0 aliphatic carbocycles. The third-order valence-corrected chi connectivity index (χ3v) is 5.39. The van der Waals surface area contributed by atoms with E-state index in [-0.39, 0.29) is 17.3 Å². The van der Waals surface area contributed by atoms with Gasteiger partial charge in [0.25, 0.3) is 11.1 Å². The first-order chi connectivity index (χ1) is 13.9. The van der Waals surface area contributed by atoms with Crippen molar-refractivity contribution in [3.63, 3.8) is 0 Å². The lowest BCUT2D eigenvalue weighted by atomic mass is 10.1. The van der Waals surface area contributed by atoms with Crippen LogP contribution in [0, 0.1) is 5.82 Å². The van der Waals surface area contributed by atoms with Crippen LogP contribution >= 0.6 is 27.7 Å². The van der Waals surface area contributed by atoms with Gasteiger partial charge >= 0.3 is 5.97 Å². The highest BCUT2D eigenvalue weighted by molar-refractivity contribution is 9.10. The summed E-state index contributed by atoms with van der Waals surface area (Å²) in [5, 5.41) is -0.560. The molecule has 2 aromatic carbocycles. The van der Waals surface area contributed by atoms with Crippen molar-refractivity contribution >= 4 is 50.9 Å². The summed E-state index contributed by atoms with van der Waals surface area (Å²) >= 11 is 4.08. The lowest BCUT2D eigenvalue weighted by Gasteiger charge is -2.11. The van der Waals surface area contributed by atoms with Crippen LogP contribution in [-0.4, -0.2) is 35.7 Å². The molecule has 1 aliphatic heterocycles. The number of amides is 2. The predicted molar refractivity (Wildman–Crippen MR) is 110 cm³/mol. The van der Waals surface area contributed by atoms with Gasteiger partial charge in [-0.2, -0.15) is 0 Å². The Morgan fingerprint density at radius 3 is 2.72 bits per heavy atom. The van der Waals surface area contributed by atoms with E-state index in [1.165, 1.54) is 19.3 Å². The second kappa shape index (κ2) is 9.23. The zero-order chi connectivity index (χ0) is 21.0. The molecule has 0 radical (unpaired) electrons. The Morgan fingerprint density at radius 1 is 1.24 bits per heavy atom. The largest absolute Gasteiger partial charge is 0.488 e. The van der Waals surface area contributed by atoms with E-state index in [2.05, 4.69) is 20.7 Å². The first-order valence-electron chi connectivity index (χ1n) is 8.37. The Labute approximate surface area is 178 Å². The summed E-state index contributed by atoms with van der Waals surface area (Å²) in [4.78, 5) is 37.0. The zero-order valence-electron chi connectivity index (χ0n) is 15.2. The molecule has 1 aliphatic rings. The van der Waals surface area contributed by atoms with Gasteiger partial charge in [-0.3, -0.25) is 19.3 Å². The minimum atomic E-state index is -0.690. The number of carbonyl (C=O) groups excluding carboxylic acids is 3. The lowest BCUT2D eigenvalue weighted by Crippen LogP contribution is -2.34. The summed E-state index contributed by atoms with van der Waals surface area (Å²) in [5.41, 5.74) is 0.916. The number of hydrogen-bond donors (Lipinski definition) is 0. The van der Waals surface area contributed by atoms with Gasteiger partial charge < -0.3 is 9.47 Å². The highest BCUT2D eigenvalue weighted by Gasteiger charge is 2.36. The predicted octanol–water partition coefficient (Wildman–Crippen LogP) is 4.38. The van der Waals surface area contributed by atoms with Crippen LogP contribution in [0.1, 0.15) is 11.1 Å². The van der Waals surface area contributed by atoms with E-state index in [9.17, 15) is 18.8 Å². The number of halogens is 2. The Morgan fingerprint density at radius 2 is 2.00 bits per heavy atom. The fourth-order valence-corrected chi connectivity index (χ4v) is 3.71. The van der Waals surface area contributed by atoms with Crippen molar-refractivity contribution < 1.29 is 28.2 Å². The van der Waals surface area contributed by atoms with E-state index in [4.69, 9.17) is 4.74 Å². The molecular formula is C20H15BrFNO5S. The lowest BCUT2D eigenvalue weighted by molar-refractivity contribution is -0.143. The van der Waals surface area contributed by atoms with Crippen LogP contribution in [0.4, 0.5) is 9.18 Å². The van der Waals surface area contributed by atoms with Gasteiger partial charge in [-0.25, -0.2) is 4.39 Å². The van der Waals surface area contributed by atoms with Gasteiger partial charge in [0.2, 0.25) is 0 Å². The van der Waals surface area contributed by atoms with Gasteiger partial charge in [-0.15, -0.1) is 0 Å². The molecule has 0 saturated carbocycles. The summed E-state index contributed by atoms with van der Waals surface area (Å²) in [6, 6.07) is 11.4. The van der Waals surface area contributed by atoms with Crippen molar-refractivity contribution in [2.45, 2.75) is 6.61 Å². The molecule has 0 aromatic heterocycles. The molecule has 2 aromatic rings. The molecule has 0 spiro atoms. The first kappa shape index (κ1) is 21.1. The highest BCUT2D eigenvalue weighted by Crippen LogP contribution is 2.35. The maximum atomic E-state index is 13.8. The number of nitrogens with zero attached hydrogens (tertiary/aromatic N) is 1. The smallest absolute Gasteiger partial charge is 0.325 e. The van der Waals surface area contributed by atoms with Crippen LogP contribution in [0.2, 0.25) is 0 Å². The normalized spacial score (nSPS) is 15.1. The topological polar surface area (TPSA) is 72.9 Å². The molecule has 0 bridgehead atoms. The summed E-state index contributed by atoms with van der Waals surface area (Å²) in [6.45, 7) is -0.452. The first-order valence-corrected chi connectivity index (χ1v) is 9.98. The van der Waals surface area contributed by atoms with Crippen LogP contribution in [0.25, 0.3) is 6.08 Å². The number of carbonyl (C=O) groups is 3. The van der Waals surface area contributed by atoms with Gasteiger partial charge in [0.15, 0.2) is 0 Å². The van der Waals surface area contributed by atoms with E-state index < -0.39 is 23.7 Å². The standard InChI is InChI=1S/C20H15BrFNO5S/c1-27-18(24)10-23-19(25)17(29-20(23)26)9-13-8-14(21)6-7-16(13)28-11-12-4-2-3-5-15(12)22/h2-9H,10-11H2,1H3/b17-9-. The number of methoxy groups -OCH3 is 1. The van der Waals surface area contributed by atoms with Crippen molar-refractivity contribution in [2.24, 2.45) is 0 Å². The molecular weight excluding hydrogens is 465 g/mol. The summed E-state index contributed by atoms with van der Waals surface area (Å²) < 4.78 is 24.8. The fourth-order valence-electron chi connectivity index (χ4n) is 2.51. The molecule has 0 atom stereocenters. The molecule has 1 saturated heterocycles. The highest BCUT2D eigenvalue weighted by atomic mass is 79.9. The molecule has 1 fully saturated rings. The van der Waals surface area contributed by atoms with Crippen molar-refractivity contribution in [1.82, 2.24) is 4.90 Å². The average Bonchev–Trinajstić information content (AvgIpc) is 2.95. The van der Waals surface area contributed by atoms with Crippen LogP contribution in [0.5, 0.6) is 5.75 Å². The van der Waals surface area contributed by atoms with Crippen molar-refractivity contribution in [3.05, 3.63) is 68.8 Å². The number of ether oxygens (including phenoxy) is 2. The van der Waals surface area contributed by atoms with Crippen LogP contribution in [-0.2, 0) is 20.9 Å². The maximum Gasteiger partial charge on any atom is 0.325 e. The zero-order valence-corrected chi connectivity index (χ0v) is 17.6. The van der Waals surface area contributed by atoms with E-state index >= 15 is 0 Å². The second-order valence-corrected chi connectivity index (χ2v) is 7.82.